The van der Waals surface area contributed by atoms with E-state index in [4.69, 9.17) is 5.11 Å². The molecular weight excluding hydrogens is 236 g/mol. The lowest BCUT2D eigenvalue weighted by molar-refractivity contribution is -0.0336. The highest BCUT2D eigenvalue weighted by Crippen LogP contribution is 2.31. The van der Waals surface area contributed by atoms with Gasteiger partial charge in [0.25, 0.3) is 5.92 Å². The van der Waals surface area contributed by atoms with E-state index in [-0.39, 0.29) is 18.7 Å². The molecule has 0 spiro atoms. The van der Waals surface area contributed by atoms with Gasteiger partial charge in [-0.05, 0) is 25.3 Å². The molecule has 1 aliphatic rings. The van der Waals surface area contributed by atoms with E-state index in [1.165, 1.54) is 12.1 Å². The van der Waals surface area contributed by atoms with Crippen LogP contribution in [0.3, 0.4) is 0 Å². The summed E-state index contributed by atoms with van der Waals surface area (Å²) >= 11 is 0. The van der Waals surface area contributed by atoms with E-state index in [2.05, 4.69) is 0 Å². The minimum absolute atomic E-state index is 0.0793. The van der Waals surface area contributed by atoms with Gasteiger partial charge in [0.2, 0.25) is 0 Å². The average molecular weight is 255 g/mol. The number of aliphatic hydroxyl groups is 1. The van der Waals surface area contributed by atoms with Crippen molar-refractivity contribution in [3.8, 4) is 0 Å². The Kier molecular flexibility index (Phi) is 4.30. The second-order valence-electron chi connectivity index (χ2n) is 4.97. The maximum Gasteiger partial charge on any atom is 0.285 e. The molecule has 1 aliphatic heterocycles. The Morgan fingerprint density at radius 1 is 1.28 bits per heavy atom. The number of rotatable bonds is 5. The molecule has 1 atom stereocenters. The van der Waals surface area contributed by atoms with Crippen LogP contribution >= 0.6 is 0 Å². The lowest BCUT2D eigenvalue weighted by atomic mass is 10.1. The van der Waals surface area contributed by atoms with E-state index in [1.807, 2.05) is 0 Å². The molecule has 2 rings (SSSR count). The van der Waals surface area contributed by atoms with Crippen LogP contribution in [0.1, 0.15) is 18.4 Å². The lowest BCUT2D eigenvalue weighted by Gasteiger charge is -2.23. The summed E-state index contributed by atoms with van der Waals surface area (Å²) in [7, 11) is 0. The molecule has 1 heterocycles. The number of alkyl halides is 2. The first-order valence-corrected chi connectivity index (χ1v) is 6.38. The molecule has 0 radical (unpaired) electrons. The lowest BCUT2D eigenvalue weighted by Crippen LogP contribution is -2.33. The van der Waals surface area contributed by atoms with E-state index in [0.29, 0.717) is 25.4 Å². The van der Waals surface area contributed by atoms with Crippen molar-refractivity contribution >= 4 is 0 Å². The van der Waals surface area contributed by atoms with Crippen LogP contribution in [-0.2, 0) is 5.92 Å². The number of aliphatic hydroxyl groups excluding tert-OH is 1. The van der Waals surface area contributed by atoms with Gasteiger partial charge in [-0.2, -0.15) is 8.78 Å². The van der Waals surface area contributed by atoms with Gasteiger partial charge >= 0.3 is 0 Å². The fraction of sp³-hybridized carbons (Fsp3) is 0.571. The van der Waals surface area contributed by atoms with Crippen molar-refractivity contribution in [2.24, 2.45) is 5.92 Å². The molecule has 0 saturated carbocycles. The zero-order valence-electron chi connectivity index (χ0n) is 10.4. The van der Waals surface area contributed by atoms with Gasteiger partial charge in [0.1, 0.15) is 0 Å². The zero-order chi connectivity index (χ0) is 13.0. The number of nitrogens with zero attached hydrogens (tertiary/aromatic N) is 1. The van der Waals surface area contributed by atoms with Gasteiger partial charge in [-0.1, -0.05) is 30.3 Å². The fourth-order valence-electron chi connectivity index (χ4n) is 2.53. The van der Waals surface area contributed by atoms with Gasteiger partial charge < -0.3 is 5.11 Å². The molecule has 1 fully saturated rings. The van der Waals surface area contributed by atoms with Crippen LogP contribution in [-0.4, -0.2) is 36.2 Å². The summed E-state index contributed by atoms with van der Waals surface area (Å²) < 4.78 is 28.1. The Bertz CT molecular complexity index is 369. The van der Waals surface area contributed by atoms with Crippen LogP contribution < -0.4 is 0 Å². The monoisotopic (exact) mass is 255 g/mol. The van der Waals surface area contributed by atoms with Crippen molar-refractivity contribution in [1.82, 2.24) is 4.90 Å². The quantitative estimate of drug-likeness (QED) is 0.873. The highest BCUT2D eigenvalue weighted by molar-refractivity contribution is 5.20. The Balaban J connectivity index is 1.93. The van der Waals surface area contributed by atoms with Crippen LogP contribution in [0, 0.1) is 5.92 Å². The van der Waals surface area contributed by atoms with Crippen molar-refractivity contribution in [1.29, 1.82) is 0 Å². The van der Waals surface area contributed by atoms with E-state index >= 15 is 0 Å². The molecule has 1 aromatic rings. The summed E-state index contributed by atoms with van der Waals surface area (Å²) in [6, 6.07) is 7.97. The highest BCUT2D eigenvalue weighted by Gasteiger charge is 2.36. The van der Waals surface area contributed by atoms with Crippen LogP contribution in [0.4, 0.5) is 8.78 Å². The third-order valence-corrected chi connectivity index (χ3v) is 3.53. The van der Waals surface area contributed by atoms with Crippen molar-refractivity contribution in [3.63, 3.8) is 0 Å². The first-order chi connectivity index (χ1) is 8.62. The van der Waals surface area contributed by atoms with Crippen LogP contribution in [0.15, 0.2) is 30.3 Å². The molecule has 1 N–H and O–H groups in total. The Morgan fingerprint density at radius 2 is 2.00 bits per heavy atom. The van der Waals surface area contributed by atoms with Crippen molar-refractivity contribution in [2.75, 3.05) is 26.2 Å². The number of halogens is 2. The normalized spacial score (nSPS) is 21.4. The second-order valence-corrected chi connectivity index (χ2v) is 4.97. The van der Waals surface area contributed by atoms with Gasteiger partial charge in [-0.15, -0.1) is 0 Å². The van der Waals surface area contributed by atoms with Gasteiger partial charge in [-0.25, -0.2) is 0 Å². The Hall–Kier alpha value is -1.00. The fourth-order valence-corrected chi connectivity index (χ4v) is 2.53. The van der Waals surface area contributed by atoms with E-state index in [1.54, 1.807) is 23.1 Å². The van der Waals surface area contributed by atoms with Crippen molar-refractivity contribution in [3.05, 3.63) is 35.9 Å². The predicted octanol–water partition coefficient (Wildman–Crippen LogP) is 2.48. The smallest absolute Gasteiger partial charge is 0.285 e. The molecule has 1 unspecified atom stereocenters. The Labute approximate surface area is 106 Å². The summed E-state index contributed by atoms with van der Waals surface area (Å²) in [6.07, 6.45) is 1.62. The van der Waals surface area contributed by atoms with Gasteiger partial charge in [-0.3, -0.25) is 4.90 Å². The first kappa shape index (κ1) is 13.4. The zero-order valence-corrected chi connectivity index (χ0v) is 10.4. The number of hydrogen-bond donors (Lipinski definition) is 1. The molecule has 18 heavy (non-hydrogen) atoms. The topological polar surface area (TPSA) is 23.5 Å². The van der Waals surface area contributed by atoms with Gasteiger partial charge in [0.15, 0.2) is 0 Å². The molecule has 0 bridgehead atoms. The molecule has 0 aromatic heterocycles. The Morgan fingerprint density at radius 3 is 2.67 bits per heavy atom. The molecule has 4 heteroatoms. The van der Waals surface area contributed by atoms with Crippen molar-refractivity contribution in [2.45, 2.75) is 18.8 Å². The molecule has 2 nitrogen and oxygen atoms in total. The summed E-state index contributed by atoms with van der Waals surface area (Å²) in [4.78, 5) is 1.80. The summed E-state index contributed by atoms with van der Waals surface area (Å²) in [5.41, 5.74) is 0.0793. The van der Waals surface area contributed by atoms with E-state index in [9.17, 15) is 8.78 Å². The number of benzene rings is 1. The van der Waals surface area contributed by atoms with Crippen LogP contribution in [0.5, 0.6) is 0 Å². The summed E-state index contributed by atoms with van der Waals surface area (Å²) in [6.45, 7) is 1.29. The predicted molar refractivity (Wildman–Crippen MR) is 66.6 cm³/mol. The van der Waals surface area contributed by atoms with Crippen molar-refractivity contribution < 1.29 is 13.9 Å². The summed E-state index contributed by atoms with van der Waals surface area (Å²) in [5, 5.41) is 8.86. The maximum atomic E-state index is 14.0. The SMILES string of the molecule is OCCC1CCN(CC(F)(F)c2ccccc2)C1. The average Bonchev–Trinajstić information content (AvgIpc) is 2.77. The second kappa shape index (κ2) is 5.76. The van der Waals surface area contributed by atoms with Crippen LogP contribution in [0.2, 0.25) is 0 Å². The highest BCUT2D eigenvalue weighted by atomic mass is 19.3. The molecule has 1 saturated heterocycles. The molecule has 0 aliphatic carbocycles. The van der Waals surface area contributed by atoms with E-state index < -0.39 is 5.92 Å². The molecule has 1 aromatic carbocycles. The third kappa shape index (κ3) is 3.27. The maximum absolute atomic E-state index is 14.0. The molecule has 0 amide bonds. The van der Waals surface area contributed by atoms with Gasteiger partial charge in [0, 0.05) is 18.7 Å². The summed E-state index contributed by atoms with van der Waals surface area (Å²) in [5.74, 6) is -2.43. The van der Waals surface area contributed by atoms with Gasteiger partial charge in [0.05, 0.1) is 6.54 Å². The number of likely N-dealkylation sites (tertiary alicyclic amines) is 1. The minimum atomic E-state index is -2.80. The largest absolute Gasteiger partial charge is 0.396 e. The minimum Gasteiger partial charge on any atom is -0.396 e. The standard InChI is InChI=1S/C14H19F2NO/c15-14(16,13-4-2-1-3-5-13)11-17-8-6-12(10-17)7-9-18/h1-5,12,18H,6-11H2. The molecule has 100 valence electrons. The number of hydrogen-bond acceptors (Lipinski definition) is 2. The first-order valence-electron chi connectivity index (χ1n) is 6.38. The third-order valence-electron chi connectivity index (χ3n) is 3.53. The molecular formula is C14H19F2NO. The van der Waals surface area contributed by atoms with Crippen LogP contribution in [0.25, 0.3) is 0 Å². The van der Waals surface area contributed by atoms with E-state index in [0.717, 1.165) is 6.42 Å².